The highest BCUT2D eigenvalue weighted by molar-refractivity contribution is 5.15. The van der Waals surface area contributed by atoms with Crippen LogP contribution >= 0.6 is 0 Å². The first-order valence-electron chi connectivity index (χ1n) is 7.33. The minimum absolute atomic E-state index is 0.179. The highest BCUT2D eigenvalue weighted by atomic mass is 19.1. The highest BCUT2D eigenvalue weighted by Gasteiger charge is 2.00. The van der Waals surface area contributed by atoms with Gasteiger partial charge in [-0.05, 0) is 51.6 Å². The first kappa shape index (κ1) is 17.1. The predicted molar refractivity (Wildman–Crippen MR) is 81.3 cm³/mol. The molecule has 114 valence electrons. The van der Waals surface area contributed by atoms with Gasteiger partial charge in [0.15, 0.2) is 0 Å². The van der Waals surface area contributed by atoms with E-state index in [9.17, 15) is 4.39 Å². The van der Waals surface area contributed by atoms with Gasteiger partial charge in [0.05, 0.1) is 6.10 Å². The normalized spacial score (nSPS) is 11.5. The Bertz CT molecular complexity index is 354. The third-order valence-corrected chi connectivity index (χ3v) is 2.99. The van der Waals surface area contributed by atoms with Crippen LogP contribution in [0.3, 0.4) is 0 Å². The molecule has 0 amide bonds. The second kappa shape index (κ2) is 9.86. The molecule has 0 aliphatic heterocycles. The molecule has 20 heavy (non-hydrogen) atoms. The van der Waals surface area contributed by atoms with Gasteiger partial charge in [0, 0.05) is 26.2 Å². The second-order valence-electron chi connectivity index (χ2n) is 5.39. The van der Waals surface area contributed by atoms with Gasteiger partial charge in [-0.15, -0.1) is 0 Å². The summed E-state index contributed by atoms with van der Waals surface area (Å²) in [6.07, 6.45) is 1.36. The number of hydrogen-bond acceptors (Lipinski definition) is 3. The number of rotatable bonds is 10. The molecule has 0 aliphatic carbocycles. The molecule has 0 saturated carbocycles. The Labute approximate surface area is 122 Å². The van der Waals surface area contributed by atoms with Gasteiger partial charge < -0.3 is 15.0 Å². The zero-order chi connectivity index (χ0) is 14.8. The molecule has 0 unspecified atom stereocenters. The fraction of sp³-hybridized carbons (Fsp3) is 0.625. The van der Waals surface area contributed by atoms with Crippen molar-refractivity contribution in [2.45, 2.75) is 32.9 Å². The van der Waals surface area contributed by atoms with Crippen molar-refractivity contribution in [1.82, 2.24) is 10.2 Å². The molecule has 0 spiro atoms. The van der Waals surface area contributed by atoms with E-state index in [1.165, 1.54) is 12.1 Å². The van der Waals surface area contributed by atoms with E-state index in [4.69, 9.17) is 4.74 Å². The quantitative estimate of drug-likeness (QED) is 0.668. The summed E-state index contributed by atoms with van der Waals surface area (Å²) in [6.45, 7) is 8.68. The van der Waals surface area contributed by atoms with E-state index in [1.807, 2.05) is 12.1 Å². The molecular weight excluding hydrogens is 255 g/mol. The molecule has 3 nitrogen and oxygen atoms in total. The average molecular weight is 282 g/mol. The van der Waals surface area contributed by atoms with E-state index in [1.54, 1.807) is 0 Å². The summed E-state index contributed by atoms with van der Waals surface area (Å²) in [6, 6.07) is 6.69. The fourth-order valence-corrected chi connectivity index (χ4v) is 1.89. The Morgan fingerprint density at radius 2 is 1.90 bits per heavy atom. The monoisotopic (exact) mass is 282 g/mol. The van der Waals surface area contributed by atoms with Crippen LogP contribution in [0.25, 0.3) is 0 Å². The Morgan fingerprint density at radius 3 is 2.55 bits per heavy atom. The van der Waals surface area contributed by atoms with Crippen molar-refractivity contribution in [2.24, 2.45) is 0 Å². The van der Waals surface area contributed by atoms with E-state index >= 15 is 0 Å². The van der Waals surface area contributed by atoms with Crippen molar-refractivity contribution in [1.29, 1.82) is 0 Å². The first-order chi connectivity index (χ1) is 9.58. The molecule has 0 fully saturated rings. The summed E-state index contributed by atoms with van der Waals surface area (Å²) in [5, 5.41) is 3.40. The van der Waals surface area contributed by atoms with Crippen LogP contribution in [0.4, 0.5) is 4.39 Å². The molecular formula is C16H27FN2O. The number of nitrogens with zero attached hydrogens (tertiary/aromatic N) is 1. The van der Waals surface area contributed by atoms with Crippen LogP contribution in [0.5, 0.6) is 0 Å². The largest absolute Gasteiger partial charge is 0.379 e. The van der Waals surface area contributed by atoms with Crippen molar-refractivity contribution in [3.63, 3.8) is 0 Å². The number of halogens is 1. The SMILES string of the molecule is CC(C)OCCCNCCN(C)Cc1ccc(F)cc1. The summed E-state index contributed by atoms with van der Waals surface area (Å²) in [4.78, 5) is 2.23. The number of likely N-dealkylation sites (N-methyl/N-ethyl adjacent to an activating group) is 1. The number of benzene rings is 1. The molecule has 1 aromatic carbocycles. The Morgan fingerprint density at radius 1 is 1.20 bits per heavy atom. The lowest BCUT2D eigenvalue weighted by molar-refractivity contribution is 0.0770. The maximum absolute atomic E-state index is 12.8. The minimum Gasteiger partial charge on any atom is -0.379 e. The molecule has 1 rings (SSSR count). The first-order valence-corrected chi connectivity index (χ1v) is 7.33. The third kappa shape index (κ3) is 8.25. The predicted octanol–water partition coefficient (Wildman–Crippen LogP) is 2.66. The van der Waals surface area contributed by atoms with Crippen LogP contribution in [0.2, 0.25) is 0 Å². The standard InChI is InChI=1S/C16H27FN2O/c1-14(2)20-12-4-9-18-10-11-19(3)13-15-5-7-16(17)8-6-15/h5-8,14,18H,4,9-13H2,1-3H3. The lowest BCUT2D eigenvalue weighted by atomic mass is 10.2. The summed E-state index contributed by atoms with van der Waals surface area (Å²) >= 11 is 0. The maximum Gasteiger partial charge on any atom is 0.123 e. The smallest absolute Gasteiger partial charge is 0.123 e. The van der Waals surface area contributed by atoms with Gasteiger partial charge in [0.1, 0.15) is 5.82 Å². The van der Waals surface area contributed by atoms with Gasteiger partial charge in [0.25, 0.3) is 0 Å². The van der Waals surface area contributed by atoms with Gasteiger partial charge in [-0.2, -0.15) is 0 Å². The molecule has 4 heteroatoms. The minimum atomic E-state index is -0.179. The molecule has 1 N–H and O–H groups in total. The van der Waals surface area contributed by atoms with Crippen LogP contribution in [0, 0.1) is 5.82 Å². The van der Waals surface area contributed by atoms with Crippen LogP contribution < -0.4 is 5.32 Å². The van der Waals surface area contributed by atoms with Crippen LogP contribution in [0.1, 0.15) is 25.8 Å². The molecule has 0 aromatic heterocycles. The molecule has 0 saturated heterocycles. The van der Waals surface area contributed by atoms with Crippen molar-refractivity contribution in [2.75, 3.05) is 33.3 Å². The van der Waals surface area contributed by atoms with Gasteiger partial charge in [-0.1, -0.05) is 12.1 Å². The zero-order valence-electron chi connectivity index (χ0n) is 12.9. The van der Waals surface area contributed by atoms with E-state index < -0.39 is 0 Å². The Balaban J connectivity index is 2.03. The number of nitrogens with one attached hydrogen (secondary N) is 1. The van der Waals surface area contributed by atoms with Gasteiger partial charge >= 0.3 is 0 Å². The van der Waals surface area contributed by atoms with Crippen molar-refractivity contribution < 1.29 is 9.13 Å². The van der Waals surface area contributed by atoms with Gasteiger partial charge in [-0.25, -0.2) is 4.39 Å². The average Bonchev–Trinajstić information content (AvgIpc) is 2.40. The highest BCUT2D eigenvalue weighted by Crippen LogP contribution is 2.04. The second-order valence-corrected chi connectivity index (χ2v) is 5.39. The summed E-state index contributed by atoms with van der Waals surface area (Å²) in [7, 11) is 2.08. The van der Waals surface area contributed by atoms with E-state index in [0.29, 0.717) is 6.10 Å². The molecule has 0 heterocycles. The number of hydrogen-bond donors (Lipinski definition) is 1. The van der Waals surface area contributed by atoms with E-state index in [2.05, 4.69) is 31.1 Å². The summed E-state index contributed by atoms with van der Waals surface area (Å²) in [5.41, 5.74) is 1.14. The zero-order valence-corrected chi connectivity index (χ0v) is 12.9. The maximum atomic E-state index is 12.8. The summed E-state index contributed by atoms with van der Waals surface area (Å²) in [5.74, 6) is -0.179. The van der Waals surface area contributed by atoms with Gasteiger partial charge in [0.2, 0.25) is 0 Å². The summed E-state index contributed by atoms with van der Waals surface area (Å²) < 4.78 is 18.3. The Kier molecular flexibility index (Phi) is 8.42. The molecule has 0 bridgehead atoms. The van der Waals surface area contributed by atoms with E-state index in [-0.39, 0.29) is 5.82 Å². The topological polar surface area (TPSA) is 24.5 Å². The lowest BCUT2D eigenvalue weighted by Crippen LogP contribution is -2.29. The molecule has 0 aliphatic rings. The molecule has 0 atom stereocenters. The lowest BCUT2D eigenvalue weighted by Gasteiger charge is -2.17. The van der Waals surface area contributed by atoms with Crippen LogP contribution in [-0.4, -0.2) is 44.3 Å². The molecule has 1 aromatic rings. The van der Waals surface area contributed by atoms with E-state index in [0.717, 1.165) is 44.8 Å². The van der Waals surface area contributed by atoms with Crippen LogP contribution in [-0.2, 0) is 11.3 Å². The van der Waals surface area contributed by atoms with Gasteiger partial charge in [-0.3, -0.25) is 0 Å². The third-order valence-electron chi connectivity index (χ3n) is 2.99. The van der Waals surface area contributed by atoms with Crippen molar-refractivity contribution in [3.05, 3.63) is 35.6 Å². The van der Waals surface area contributed by atoms with Crippen LogP contribution in [0.15, 0.2) is 24.3 Å². The number of ether oxygens (including phenoxy) is 1. The Hall–Kier alpha value is -0.970. The van der Waals surface area contributed by atoms with Crippen molar-refractivity contribution >= 4 is 0 Å². The fourth-order valence-electron chi connectivity index (χ4n) is 1.89. The molecule has 0 radical (unpaired) electrons. The van der Waals surface area contributed by atoms with Crippen molar-refractivity contribution in [3.8, 4) is 0 Å².